The normalized spacial score (nSPS) is 30.1. The molecular formula is C12H25N3O. The second-order valence-corrected chi connectivity index (χ2v) is 5.07. The zero-order chi connectivity index (χ0) is 12.0. The van der Waals surface area contributed by atoms with Crippen LogP contribution >= 0.6 is 0 Å². The average Bonchev–Trinajstić information content (AvgIpc) is 2.31. The van der Waals surface area contributed by atoms with Crippen molar-refractivity contribution in [2.45, 2.75) is 39.0 Å². The summed E-state index contributed by atoms with van der Waals surface area (Å²) in [5, 5.41) is 2.96. The number of hydrogen-bond acceptors (Lipinski definition) is 3. The predicted molar refractivity (Wildman–Crippen MR) is 65.8 cm³/mol. The van der Waals surface area contributed by atoms with Gasteiger partial charge >= 0.3 is 0 Å². The minimum Gasteiger partial charge on any atom is -0.356 e. The average molecular weight is 227 g/mol. The molecule has 0 aliphatic heterocycles. The minimum absolute atomic E-state index is 0.135. The molecule has 1 aliphatic rings. The Kier molecular flexibility index (Phi) is 5.22. The molecule has 1 rings (SSSR count). The molecule has 0 spiro atoms. The van der Waals surface area contributed by atoms with Crippen molar-refractivity contribution in [3.8, 4) is 0 Å². The molecule has 0 aromatic heterocycles. The number of rotatable bonds is 5. The predicted octanol–water partition coefficient (Wildman–Crippen LogP) is 0.607. The molecule has 0 saturated heterocycles. The van der Waals surface area contributed by atoms with Gasteiger partial charge in [0.25, 0.3) is 0 Å². The Morgan fingerprint density at radius 1 is 1.38 bits per heavy atom. The van der Waals surface area contributed by atoms with Crippen molar-refractivity contribution in [2.75, 3.05) is 19.6 Å². The van der Waals surface area contributed by atoms with Crippen molar-refractivity contribution in [2.24, 2.45) is 22.8 Å². The van der Waals surface area contributed by atoms with Gasteiger partial charge in [-0.3, -0.25) is 4.79 Å². The molecule has 0 atom stereocenters. The van der Waals surface area contributed by atoms with Crippen molar-refractivity contribution < 1.29 is 4.79 Å². The number of nitrogens with one attached hydrogen (secondary N) is 1. The summed E-state index contributed by atoms with van der Waals surface area (Å²) in [6.45, 7) is 4.00. The van der Waals surface area contributed by atoms with Crippen LogP contribution in [-0.2, 0) is 4.79 Å². The molecule has 5 N–H and O–H groups in total. The van der Waals surface area contributed by atoms with E-state index in [1.807, 2.05) is 0 Å². The highest BCUT2D eigenvalue weighted by Crippen LogP contribution is 2.38. The first kappa shape index (κ1) is 13.5. The monoisotopic (exact) mass is 227 g/mol. The maximum Gasteiger partial charge on any atom is 0.227 e. The highest BCUT2D eigenvalue weighted by molar-refractivity contribution is 5.83. The molecule has 94 valence electrons. The van der Waals surface area contributed by atoms with E-state index in [4.69, 9.17) is 11.5 Å². The molecule has 0 heterocycles. The van der Waals surface area contributed by atoms with Crippen LogP contribution in [0.4, 0.5) is 0 Å². The third kappa shape index (κ3) is 3.19. The van der Waals surface area contributed by atoms with Crippen LogP contribution in [0.3, 0.4) is 0 Å². The Morgan fingerprint density at radius 2 is 2.00 bits per heavy atom. The lowest BCUT2D eigenvalue weighted by atomic mass is 9.70. The molecule has 4 nitrogen and oxygen atoms in total. The van der Waals surface area contributed by atoms with E-state index in [1.165, 1.54) is 0 Å². The van der Waals surface area contributed by atoms with Crippen LogP contribution in [0.25, 0.3) is 0 Å². The first-order valence-corrected chi connectivity index (χ1v) is 6.33. The Morgan fingerprint density at radius 3 is 2.50 bits per heavy atom. The molecule has 0 bridgehead atoms. The fraction of sp³-hybridized carbons (Fsp3) is 0.917. The van der Waals surface area contributed by atoms with Gasteiger partial charge in [0.1, 0.15) is 0 Å². The number of hydrogen-bond donors (Lipinski definition) is 3. The Balaban J connectivity index is 2.48. The SMILES string of the molecule is CC1CCC(CN)(C(=O)NCCCN)CC1. The molecule has 16 heavy (non-hydrogen) atoms. The summed E-state index contributed by atoms with van der Waals surface area (Å²) in [6, 6.07) is 0. The first-order valence-electron chi connectivity index (χ1n) is 6.33. The molecule has 4 heteroatoms. The molecule has 0 unspecified atom stereocenters. The number of nitrogens with two attached hydrogens (primary N) is 2. The third-order valence-electron chi connectivity index (χ3n) is 3.77. The lowest BCUT2D eigenvalue weighted by molar-refractivity contribution is -0.132. The van der Waals surface area contributed by atoms with Crippen LogP contribution < -0.4 is 16.8 Å². The maximum atomic E-state index is 12.1. The summed E-state index contributed by atoms with van der Waals surface area (Å²) < 4.78 is 0. The van der Waals surface area contributed by atoms with E-state index in [0.717, 1.165) is 38.0 Å². The Hall–Kier alpha value is -0.610. The summed E-state index contributed by atoms with van der Waals surface area (Å²) in [5.74, 6) is 0.867. The van der Waals surface area contributed by atoms with Crippen molar-refractivity contribution in [3.63, 3.8) is 0 Å². The number of amides is 1. The second kappa shape index (κ2) is 6.21. The zero-order valence-corrected chi connectivity index (χ0v) is 10.3. The summed E-state index contributed by atoms with van der Waals surface area (Å²) in [5.41, 5.74) is 10.9. The van der Waals surface area contributed by atoms with Crippen LogP contribution in [0.2, 0.25) is 0 Å². The third-order valence-corrected chi connectivity index (χ3v) is 3.77. The van der Waals surface area contributed by atoms with Crippen molar-refractivity contribution in [1.29, 1.82) is 0 Å². The molecular weight excluding hydrogens is 202 g/mol. The van der Waals surface area contributed by atoms with Crippen molar-refractivity contribution in [3.05, 3.63) is 0 Å². The van der Waals surface area contributed by atoms with Crippen molar-refractivity contribution >= 4 is 5.91 Å². The van der Waals surface area contributed by atoms with Gasteiger partial charge in [-0.2, -0.15) is 0 Å². The Labute approximate surface area is 98.1 Å². The van der Waals surface area contributed by atoms with E-state index in [9.17, 15) is 4.79 Å². The van der Waals surface area contributed by atoms with E-state index in [0.29, 0.717) is 19.6 Å². The lowest BCUT2D eigenvalue weighted by Gasteiger charge is -2.37. The summed E-state index contributed by atoms with van der Waals surface area (Å²) in [4.78, 5) is 12.1. The van der Waals surface area contributed by atoms with Gasteiger partial charge in [0, 0.05) is 13.1 Å². The van der Waals surface area contributed by atoms with Crippen molar-refractivity contribution in [1.82, 2.24) is 5.32 Å². The van der Waals surface area contributed by atoms with Crippen LogP contribution in [0.5, 0.6) is 0 Å². The lowest BCUT2D eigenvalue weighted by Crippen LogP contribution is -2.48. The summed E-state index contributed by atoms with van der Waals surface area (Å²) in [6.07, 6.45) is 4.92. The Bertz CT molecular complexity index is 222. The summed E-state index contributed by atoms with van der Waals surface area (Å²) in [7, 11) is 0. The van der Waals surface area contributed by atoms with Crippen LogP contribution in [0.15, 0.2) is 0 Å². The molecule has 0 radical (unpaired) electrons. The number of carbonyl (C=O) groups is 1. The molecule has 1 fully saturated rings. The van der Waals surface area contributed by atoms with Crippen LogP contribution in [0.1, 0.15) is 39.0 Å². The first-order chi connectivity index (χ1) is 7.64. The van der Waals surface area contributed by atoms with Crippen LogP contribution in [-0.4, -0.2) is 25.5 Å². The fourth-order valence-electron chi connectivity index (χ4n) is 2.33. The largest absolute Gasteiger partial charge is 0.356 e. The van der Waals surface area contributed by atoms with Crippen LogP contribution in [0, 0.1) is 11.3 Å². The second-order valence-electron chi connectivity index (χ2n) is 5.07. The van der Waals surface area contributed by atoms with E-state index < -0.39 is 0 Å². The maximum absolute atomic E-state index is 12.1. The molecule has 1 saturated carbocycles. The smallest absolute Gasteiger partial charge is 0.227 e. The van der Waals surface area contributed by atoms with E-state index in [1.54, 1.807) is 0 Å². The zero-order valence-electron chi connectivity index (χ0n) is 10.3. The fourth-order valence-corrected chi connectivity index (χ4v) is 2.33. The van der Waals surface area contributed by atoms with Gasteiger partial charge in [0.2, 0.25) is 5.91 Å². The molecule has 1 amide bonds. The van der Waals surface area contributed by atoms with E-state index in [2.05, 4.69) is 12.2 Å². The van der Waals surface area contributed by atoms with Gasteiger partial charge in [-0.05, 0) is 44.6 Å². The minimum atomic E-state index is -0.304. The topological polar surface area (TPSA) is 81.1 Å². The highest BCUT2D eigenvalue weighted by Gasteiger charge is 2.39. The quantitative estimate of drug-likeness (QED) is 0.602. The molecule has 0 aromatic rings. The molecule has 0 aromatic carbocycles. The van der Waals surface area contributed by atoms with Gasteiger partial charge in [-0.1, -0.05) is 6.92 Å². The summed E-state index contributed by atoms with van der Waals surface area (Å²) >= 11 is 0. The standard InChI is InChI=1S/C12H25N3O/c1-10-3-5-12(9-14,6-4-10)11(16)15-8-2-7-13/h10H,2-9,13-14H2,1H3,(H,15,16). The van der Waals surface area contributed by atoms with E-state index in [-0.39, 0.29) is 11.3 Å². The van der Waals surface area contributed by atoms with Gasteiger partial charge in [0.15, 0.2) is 0 Å². The van der Waals surface area contributed by atoms with Gasteiger partial charge < -0.3 is 16.8 Å². The van der Waals surface area contributed by atoms with Gasteiger partial charge in [-0.15, -0.1) is 0 Å². The molecule has 1 aliphatic carbocycles. The van der Waals surface area contributed by atoms with Gasteiger partial charge in [0.05, 0.1) is 5.41 Å². The van der Waals surface area contributed by atoms with E-state index >= 15 is 0 Å². The number of carbonyl (C=O) groups excluding carboxylic acids is 1. The van der Waals surface area contributed by atoms with Gasteiger partial charge in [-0.25, -0.2) is 0 Å². The highest BCUT2D eigenvalue weighted by atomic mass is 16.2.